The smallest absolute Gasteiger partial charge is 0.00979 e. The van der Waals surface area contributed by atoms with E-state index in [1.54, 1.807) is 11.1 Å². The monoisotopic (exact) mass is 270 g/mol. The number of aryl methyl sites for hydroxylation is 2. The minimum atomic E-state index is 0. The van der Waals surface area contributed by atoms with Crippen molar-refractivity contribution >= 4 is 0 Å². The van der Waals surface area contributed by atoms with Crippen LogP contribution in [-0.2, 0) is 6.42 Å². The van der Waals surface area contributed by atoms with Gasteiger partial charge in [0.25, 0.3) is 0 Å². The molecule has 0 heterocycles. The fourth-order valence-corrected chi connectivity index (χ4v) is 3.23. The van der Waals surface area contributed by atoms with Crippen molar-refractivity contribution in [2.24, 2.45) is 0 Å². The van der Waals surface area contributed by atoms with E-state index >= 15 is 0 Å². The molecule has 0 bridgehead atoms. The third-order valence-corrected chi connectivity index (χ3v) is 4.61. The van der Waals surface area contributed by atoms with Crippen molar-refractivity contribution in [2.45, 2.75) is 39.5 Å². The van der Waals surface area contributed by atoms with Gasteiger partial charge in [0.2, 0.25) is 0 Å². The molecule has 0 amide bonds. The summed E-state index contributed by atoms with van der Waals surface area (Å²) in [4.78, 5) is 0. The molecule has 2 heteroatoms. The van der Waals surface area contributed by atoms with Gasteiger partial charge in [0.05, 0.1) is 0 Å². The summed E-state index contributed by atoms with van der Waals surface area (Å²) in [5, 5.41) is 0. The summed E-state index contributed by atoms with van der Waals surface area (Å²) in [5.41, 5.74) is 8.96. The third kappa shape index (κ3) is 2.49. The van der Waals surface area contributed by atoms with Gasteiger partial charge in [0, 0.05) is 5.92 Å². The molecule has 0 saturated heterocycles. The number of hydrogen-bond donors (Lipinski definition) is 2. The molecule has 1 atom stereocenters. The number of hydrogen-bond acceptors (Lipinski definition) is 2. The van der Waals surface area contributed by atoms with Crippen LogP contribution in [0.2, 0.25) is 0 Å². The Kier molecular flexibility index (Phi) is 5.09. The van der Waals surface area contributed by atoms with E-state index in [4.69, 9.17) is 0 Å². The van der Waals surface area contributed by atoms with E-state index in [0.717, 1.165) is 0 Å². The Morgan fingerprint density at radius 1 is 0.800 bits per heavy atom. The molecule has 0 saturated carbocycles. The molecule has 0 radical (unpaired) electrons. The first kappa shape index (κ1) is 16.4. The Bertz CT molecular complexity index is 602. The molecule has 0 aliphatic heterocycles. The van der Waals surface area contributed by atoms with E-state index in [1.807, 2.05) is 0 Å². The van der Waals surface area contributed by atoms with Gasteiger partial charge in [-0.25, -0.2) is 0 Å². The highest BCUT2D eigenvalue weighted by Crippen LogP contribution is 2.39. The fourth-order valence-electron chi connectivity index (χ4n) is 3.23. The maximum atomic E-state index is 2.34. The zero-order chi connectivity index (χ0) is 12.7. The van der Waals surface area contributed by atoms with Gasteiger partial charge >= 0.3 is 0 Å². The van der Waals surface area contributed by atoms with Crippen molar-refractivity contribution in [2.75, 3.05) is 0 Å². The second-order valence-corrected chi connectivity index (χ2v) is 5.51. The maximum absolute atomic E-state index is 2.34. The lowest BCUT2D eigenvalue weighted by Gasteiger charge is -2.18. The molecule has 3 rings (SSSR count). The quantitative estimate of drug-likeness (QED) is 0.764. The van der Waals surface area contributed by atoms with E-state index in [2.05, 4.69) is 57.2 Å². The maximum Gasteiger partial charge on any atom is 0.00979 e. The topological polar surface area (TPSA) is 70.0 Å². The van der Waals surface area contributed by atoms with Gasteiger partial charge in [-0.2, -0.15) is 0 Å². The normalized spacial score (nSPS) is 16.1. The van der Waals surface area contributed by atoms with Crippen LogP contribution >= 0.6 is 0 Å². The van der Waals surface area contributed by atoms with Crippen molar-refractivity contribution in [3.8, 4) is 0 Å². The number of fused-ring (bicyclic) bond motifs is 1. The largest absolute Gasteiger partial charge is 0.344 e. The van der Waals surface area contributed by atoms with Gasteiger partial charge in [-0.1, -0.05) is 36.4 Å². The summed E-state index contributed by atoms with van der Waals surface area (Å²) >= 11 is 0. The third-order valence-electron chi connectivity index (χ3n) is 4.61. The zero-order valence-corrected chi connectivity index (χ0v) is 12.9. The summed E-state index contributed by atoms with van der Waals surface area (Å²) in [6.45, 7) is 6.72. The molecule has 2 aromatic carbocycles. The average Bonchev–Trinajstić information content (AvgIpc) is 2.80. The minimum absolute atomic E-state index is 0. The molecule has 108 valence electrons. The SMILES string of the molecule is Cc1ccc(C2CCc3ccccc32)c(C)c1C.N.N. The Hall–Kier alpha value is -1.64. The molecule has 1 aliphatic carbocycles. The van der Waals surface area contributed by atoms with Crippen LogP contribution in [0.1, 0.15) is 45.7 Å². The van der Waals surface area contributed by atoms with Gasteiger partial charge in [0.15, 0.2) is 0 Å². The first-order chi connectivity index (χ1) is 8.68. The molecule has 6 N–H and O–H groups in total. The van der Waals surface area contributed by atoms with E-state index in [9.17, 15) is 0 Å². The Morgan fingerprint density at radius 3 is 2.25 bits per heavy atom. The predicted molar refractivity (Wildman–Crippen MR) is 87.3 cm³/mol. The highest BCUT2D eigenvalue weighted by atomic mass is 14.3. The van der Waals surface area contributed by atoms with Crippen LogP contribution in [0.3, 0.4) is 0 Å². The summed E-state index contributed by atoms with van der Waals surface area (Å²) in [6.07, 6.45) is 2.50. The van der Waals surface area contributed by atoms with Gasteiger partial charge in [-0.3, -0.25) is 0 Å². The minimum Gasteiger partial charge on any atom is -0.344 e. The summed E-state index contributed by atoms with van der Waals surface area (Å²) in [6, 6.07) is 13.5. The lowest BCUT2D eigenvalue weighted by atomic mass is 9.87. The van der Waals surface area contributed by atoms with Crippen LogP contribution in [0.5, 0.6) is 0 Å². The standard InChI is InChI=1S/C18H20.2H3N/c1-12-8-10-16(14(3)13(12)2)18-11-9-15-6-4-5-7-17(15)18;;/h4-8,10,18H,9,11H2,1-3H3;2*1H3. The van der Waals surface area contributed by atoms with Gasteiger partial charge < -0.3 is 12.3 Å². The lowest BCUT2D eigenvalue weighted by Crippen LogP contribution is -2.01. The van der Waals surface area contributed by atoms with Crippen LogP contribution in [0.4, 0.5) is 0 Å². The molecule has 1 unspecified atom stereocenters. The number of rotatable bonds is 1. The Morgan fingerprint density at radius 2 is 1.50 bits per heavy atom. The van der Waals surface area contributed by atoms with Crippen LogP contribution in [0.15, 0.2) is 36.4 Å². The van der Waals surface area contributed by atoms with E-state index in [-0.39, 0.29) is 12.3 Å². The van der Waals surface area contributed by atoms with E-state index in [1.165, 1.54) is 35.1 Å². The Labute approximate surface area is 122 Å². The predicted octanol–water partition coefficient (Wildman–Crippen LogP) is 5.01. The van der Waals surface area contributed by atoms with Crippen molar-refractivity contribution in [1.29, 1.82) is 0 Å². The molecule has 0 spiro atoms. The zero-order valence-electron chi connectivity index (χ0n) is 12.9. The van der Waals surface area contributed by atoms with E-state index < -0.39 is 0 Å². The van der Waals surface area contributed by atoms with Crippen LogP contribution < -0.4 is 12.3 Å². The fraction of sp³-hybridized carbons (Fsp3) is 0.333. The van der Waals surface area contributed by atoms with Gasteiger partial charge in [-0.15, -0.1) is 0 Å². The first-order valence-electron chi connectivity index (χ1n) is 6.83. The molecule has 20 heavy (non-hydrogen) atoms. The molecule has 2 aromatic rings. The number of benzene rings is 2. The molecule has 2 nitrogen and oxygen atoms in total. The highest BCUT2D eigenvalue weighted by Gasteiger charge is 2.24. The van der Waals surface area contributed by atoms with Crippen LogP contribution in [0, 0.1) is 20.8 Å². The van der Waals surface area contributed by atoms with E-state index in [0.29, 0.717) is 5.92 Å². The second kappa shape index (κ2) is 6.21. The van der Waals surface area contributed by atoms with Crippen LogP contribution in [-0.4, -0.2) is 0 Å². The Balaban J connectivity index is 0.000001000. The van der Waals surface area contributed by atoms with Crippen molar-refractivity contribution < 1.29 is 0 Å². The lowest BCUT2D eigenvalue weighted by molar-refractivity contribution is 0.780. The van der Waals surface area contributed by atoms with Crippen molar-refractivity contribution in [1.82, 2.24) is 12.3 Å². The molecule has 0 aromatic heterocycles. The molecule has 1 aliphatic rings. The van der Waals surface area contributed by atoms with Crippen LogP contribution in [0.25, 0.3) is 0 Å². The molecule has 0 fully saturated rings. The van der Waals surface area contributed by atoms with Gasteiger partial charge in [-0.05, 0) is 67.0 Å². The summed E-state index contributed by atoms with van der Waals surface area (Å²) < 4.78 is 0. The van der Waals surface area contributed by atoms with Gasteiger partial charge in [0.1, 0.15) is 0 Å². The average molecular weight is 270 g/mol. The molecular formula is C18H26N2. The second-order valence-electron chi connectivity index (χ2n) is 5.51. The first-order valence-corrected chi connectivity index (χ1v) is 6.83. The summed E-state index contributed by atoms with van der Waals surface area (Å²) in [5.74, 6) is 0.612. The summed E-state index contributed by atoms with van der Waals surface area (Å²) in [7, 11) is 0. The highest BCUT2D eigenvalue weighted by molar-refractivity contribution is 5.48. The van der Waals surface area contributed by atoms with Crippen molar-refractivity contribution in [3.05, 3.63) is 69.8 Å². The molecular weight excluding hydrogens is 244 g/mol. The van der Waals surface area contributed by atoms with Crippen molar-refractivity contribution in [3.63, 3.8) is 0 Å².